The molecule has 68 valence electrons. The van der Waals surface area contributed by atoms with E-state index in [1.54, 1.807) is 13.1 Å². The molecule has 5 nitrogen and oxygen atoms in total. The molecule has 0 fully saturated rings. The highest BCUT2D eigenvalue weighted by Crippen LogP contribution is 2.22. The van der Waals surface area contributed by atoms with Crippen molar-refractivity contribution < 1.29 is 4.39 Å². The molecule has 0 aliphatic rings. The van der Waals surface area contributed by atoms with Gasteiger partial charge in [0, 0.05) is 13.2 Å². The average molecular weight is 181 g/mol. The third kappa shape index (κ3) is 1.07. The highest BCUT2D eigenvalue weighted by molar-refractivity contribution is 5.58. The molecule has 2 rings (SSSR count). The van der Waals surface area contributed by atoms with E-state index in [1.165, 1.54) is 10.9 Å². The average Bonchev–Trinajstić information content (AvgIpc) is 2.70. The first-order valence-corrected chi connectivity index (χ1v) is 3.68. The Morgan fingerprint density at radius 1 is 1.62 bits per heavy atom. The third-order valence-electron chi connectivity index (χ3n) is 1.79. The van der Waals surface area contributed by atoms with Gasteiger partial charge in [-0.2, -0.15) is 10.2 Å². The van der Waals surface area contributed by atoms with E-state index in [2.05, 4.69) is 15.3 Å². The SMILES string of the molecule is Cn1nc(-c2ccn[nH]2)c(F)c1N. The molecule has 0 spiro atoms. The summed E-state index contributed by atoms with van der Waals surface area (Å²) in [5, 5.41) is 10.2. The number of hydrogen-bond donors (Lipinski definition) is 2. The molecule has 0 saturated heterocycles. The van der Waals surface area contributed by atoms with Crippen molar-refractivity contribution in [3.05, 3.63) is 18.1 Å². The van der Waals surface area contributed by atoms with Crippen molar-refractivity contribution in [2.45, 2.75) is 0 Å². The van der Waals surface area contributed by atoms with Gasteiger partial charge in [-0.25, -0.2) is 9.07 Å². The predicted octanol–water partition coefficient (Wildman–Crippen LogP) is 0.531. The molecule has 0 amide bonds. The molecule has 0 unspecified atom stereocenters. The summed E-state index contributed by atoms with van der Waals surface area (Å²) < 4.78 is 14.6. The lowest BCUT2D eigenvalue weighted by Gasteiger charge is -1.88. The molecule has 0 bridgehead atoms. The number of rotatable bonds is 1. The maximum absolute atomic E-state index is 13.3. The Balaban J connectivity index is 2.59. The summed E-state index contributed by atoms with van der Waals surface area (Å²) in [5.41, 5.74) is 6.11. The number of aromatic amines is 1. The van der Waals surface area contributed by atoms with Crippen LogP contribution >= 0.6 is 0 Å². The fraction of sp³-hybridized carbons (Fsp3) is 0.143. The molecule has 0 atom stereocenters. The highest BCUT2D eigenvalue weighted by atomic mass is 19.1. The van der Waals surface area contributed by atoms with Crippen molar-refractivity contribution in [3.8, 4) is 11.4 Å². The summed E-state index contributed by atoms with van der Waals surface area (Å²) >= 11 is 0. The first kappa shape index (κ1) is 7.78. The van der Waals surface area contributed by atoms with Gasteiger partial charge in [0.15, 0.2) is 11.6 Å². The van der Waals surface area contributed by atoms with Gasteiger partial charge in [0.25, 0.3) is 0 Å². The molecule has 6 heteroatoms. The number of hydrogen-bond acceptors (Lipinski definition) is 3. The van der Waals surface area contributed by atoms with Crippen LogP contribution in [0.15, 0.2) is 12.3 Å². The monoisotopic (exact) mass is 181 g/mol. The maximum Gasteiger partial charge on any atom is 0.194 e. The minimum absolute atomic E-state index is 0.0181. The molecule has 0 aliphatic heterocycles. The van der Waals surface area contributed by atoms with Crippen LogP contribution in [0.4, 0.5) is 10.2 Å². The van der Waals surface area contributed by atoms with E-state index < -0.39 is 5.82 Å². The Labute approximate surface area is 73.4 Å². The zero-order valence-corrected chi connectivity index (χ0v) is 6.95. The smallest absolute Gasteiger partial charge is 0.194 e. The van der Waals surface area contributed by atoms with Crippen LogP contribution in [-0.2, 0) is 7.05 Å². The second kappa shape index (κ2) is 2.58. The number of anilines is 1. The van der Waals surface area contributed by atoms with E-state index in [-0.39, 0.29) is 11.5 Å². The van der Waals surface area contributed by atoms with Crippen molar-refractivity contribution in [3.63, 3.8) is 0 Å². The van der Waals surface area contributed by atoms with Crippen LogP contribution in [0.25, 0.3) is 11.4 Å². The molecule has 2 aromatic heterocycles. The van der Waals surface area contributed by atoms with Gasteiger partial charge in [0.1, 0.15) is 5.69 Å². The van der Waals surface area contributed by atoms with Crippen LogP contribution in [0.2, 0.25) is 0 Å². The normalized spacial score (nSPS) is 10.6. The lowest BCUT2D eigenvalue weighted by Crippen LogP contribution is -1.97. The number of nitrogens with zero attached hydrogens (tertiary/aromatic N) is 3. The Hall–Kier alpha value is -1.85. The van der Waals surface area contributed by atoms with Gasteiger partial charge >= 0.3 is 0 Å². The maximum atomic E-state index is 13.3. The molecular formula is C7H8FN5. The van der Waals surface area contributed by atoms with Gasteiger partial charge in [-0.1, -0.05) is 0 Å². The lowest BCUT2D eigenvalue weighted by atomic mass is 10.3. The Bertz CT molecular complexity index is 416. The summed E-state index contributed by atoms with van der Waals surface area (Å²) in [6, 6.07) is 1.63. The second-order valence-electron chi connectivity index (χ2n) is 2.64. The van der Waals surface area contributed by atoms with Crippen molar-refractivity contribution in [2.24, 2.45) is 7.05 Å². The van der Waals surface area contributed by atoms with Crippen molar-refractivity contribution in [1.29, 1.82) is 0 Å². The quantitative estimate of drug-likeness (QED) is 0.674. The summed E-state index contributed by atoms with van der Waals surface area (Å²) in [4.78, 5) is 0. The summed E-state index contributed by atoms with van der Waals surface area (Å²) in [5.74, 6) is -0.503. The van der Waals surface area contributed by atoms with E-state index >= 15 is 0 Å². The number of aromatic nitrogens is 4. The third-order valence-corrected chi connectivity index (χ3v) is 1.79. The van der Waals surface area contributed by atoms with Gasteiger partial charge in [-0.05, 0) is 6.07 Å². The van der Waals surface area contributed by atoms with Crippen LogP contribution in [0.1, 0.15) is 0 Å². The topological polar surface area (TPSA) is 72.5 Å². The Morgan fingerprint density at radius 2 is 2.38 bits per heavy atom. The van der Waals surface area contributed by atoms with Gasteiger partial charge in [0.05, 0.1) is 5.69 Å². The minimum atomic E-state index is -0.522. The number of nitrogens with two attached hydrogens (primary N) is 1. The lowest BCUT2D eigenvalue weighted by molar-refractivity contribution is 0.633. The molecule has 0 saturated carbocycles. The summed E-state index contributed by atoms with van der Waals surface area (Å²) in [6.45, 7) is 0. The molecule has 0 aromatic carbocycles. The fourth-order valence-corrected chi connectivity index (χ4v) is 1.07. The van der Waals surface area contributed by atoms with E-state index in [1.807, 2.05) is 0 Å². The van der Waals surface area contributed by atoms with Crippen LogP contribution in [0.5, 0.6) is 0 Å². The first-order chi connectivity index (χ1) is 6.20. The van der Waals surface area contributed by atoms with E-state index in [9.17, 15) is 4.39 Å². The first-order valence-electron chi connectivity index (χ1n) is 3.68. The van der Waals surface area contributed by atoms with Crippen LogP contribution in [-0.4, -0.2) is 20.0 Å². The fourth-order valence-electron chi connectivity index (χ4n) is 1.07. The Kier molecular flexibility index (Phi) is 1.54. The largest absolute Gasteiger partial charge is 0.381 e. The molecule has 3 N–H and O–H groups in total. The molecule has 0 aliphatic carbocycles. The van der Waals surface area contributed by atoms with Crippen molar-refractivity contribution >= 4 is 5.82 Å². The zero-order chi connectivity index (χ0) is 9.42. The number of nitrogen functional groups attached to an aromatic ring is 1. The van der Waals surface area contributed by atoms with Gasteiger partial charge in [-0.15, -0.1) is 0 Å². The molecular weight excluding hydrogens is 173 g/mol. The van der Waals surface area contributed by atoms with Gasteiger partial charge in [-0.3, -0.25) is 5.10 Å². The number of halogens is 1. The predicted molar refractivity (Wildman–Crippen MR) is 45.2 cm³/mol. The zero-order valence-electron chi connectivity index (χ0n) is 6.95. The number of H-pyrrole nitrogens is 1. The van der Waals surface area contributed by atoms with Crippen LogP contribution < -0.4 is 5.73 Å². The number of aryl methyl sites for hydroxylation is 1. The molecule has 2 heterocycles. The van der Waals surface area contributed by atoms with Crippen LogP contribution in [0.3, 0.4) is 0 Å². The highest BCUT2D eigenvalue weighted by Gasteiger charge is 2.15. The molecule has 13 heavy (non-hydrogen) atoms. The molecule has 0 radical (unpaired) electrons. The van der Waals surface area contributed by atoms with Crippen molar-refractivity contribution in [2.75, 3.05) is 5.73 Å². The van der Waals surface area contributed by atoms with Crippen LogP contribution in [0, 0.1) is 5.82 Å². The minimum Gasteiger partial charge on any atom is -0.381 e. The Morgan fingerprint density at radius 3 is 2.85 bits per heavy atom. The second-order valence-corrected chi connectivity index (χ2v) is 2.64. The molecule has 2 aromatic rings. The standard InChI is InChI=1S/C7H8FN5/c1-13-7(9)5(8)6(12-13)4-2-3-10-11-4/h2-3H,9H2,1H3,(H,10,11). The summed E-state index contributed by atoms with van der Waals surface area (Å²) in [7, 11) is 1.58. The van der Waals surface area contributed by atoms with Gasteiger partial charge < -0.3 is 5.73 Å². The van der Waals surface area contributed by atoms with E-state index in [0.29, 0.717) is 5.69 Å². The van der Waals surface area contributed by atoms with Crippen molar-refractivity contribution in [1.82, 2.24) is 20.0 Å². The summed E-state index contributed by atoms with van der Waals surface area (Å²) in [6.07, 6.45) is 1.53. The van der Waals surface area contributed by atoms with E-state index in [4.69, 9.17) is 5.73 Å². The number of nitrogens with one attached hydrogen (secondary N) is 1. The van der Waals surface area contributed by atoms with Gasteiger partial charge in [0.2, 0.25) is 0 Å². The van der Waals surface area contributed by atoms with E-state index in [0.717, 1.165) is 0 Å².